The minimum Gasteiger partial charge on any atom is -0.375 e. The molecule has 1 fully saturated rings. The van der Waals surface area contributed by atoms with E-state index in [0.29, 0.717) is 6.54 Å². The lowest BCUT2D eigenvalue weighted by Crippen LogP contribution is -2.58. The van der Waals surface area contributed by atoms with Gasteiger partial charge in [0, 0.05) is 18.6 Å². The molecule has 1 aliphatic heterocycles. The highest BCUT2D eigenvalue weighted by Crippen LogP contribution is 2.33. The van der Waals surface area contributed by atoms with Crippen molar-refractivity contribution in [1.29, 1.82) is 0 Å². The maximum absolute atomic E-state index is 13.0. The van der Waals surface area contributed by atoms with E-state index in [4.69, 9.17) is 10.5 Å². The van der Waals surface area contributed by atoms with E-state index >= 15 is 0 Å². The van der Waals surface area contributed by atoms with Crippen molar-refractivity contribution in [3.05, 3.63) is 35.6 Å². The summed E-state index contributed by atoms with van der Waals surface area (Å²) < 4.78 is 18.8. The first-order valence-electron chi connectivity index (χ1n) is 7.26. The number of nitrogens with two attached hydrogens (primary N) is 1. The van der Waals surface area contributed by atoms with Crippen LogP contribution in [0.3, 0.4) is 0 Å². The maximum Gasteiger partial charge on any atom is 0.123 e. The van der Waals surface area contributed by atoms with Gasteiger partial charge in [0.05, 0.1) is 12.2 Å². The normalized spacial score (nSPS) is 30.7. The third kappa shape index (κ3) is 3.37. The second-order valence-electron chi connectivity index (χ2n) is 6.08. The molecule has 1 saturated heterocycles. The molecule has 0 aromatic heterocycles. The number of likely N-dealkylation sites (N-methyl/N-ethyl adjacent to an activating group) is 1. The van der Waals surface area contributed by atoms with Gasteiger partial charge < -0.3 is 10.5 Å². The predicted octanol–water partition coefficient (Wildman–Crippen LogP) is 2.54. The lowest BCUT2D eigenvalue weighted by Gasteiger charge is -2.48. The van der Waals surface area contributed by atoms with E-state index in [-0.39, 0.29) is 23.6 Å². The van der Waals surface area contributed by atoms with Crippen molar-refractivity contribution < 1.29 is 9.13 Å². The van der Waals surface area contributed by atoms with Crippen LogP contribution in [-0.2, 0) is 11.3 Å². The van der Waals surface area contributed by atoms with Crippen molar-refractivity contribution in [3.63, 3.8) is 0 Å². The summed E-state index contributed by atoms with van der Waals surface area (Å²) in [5.41, 5.74) is 7.15. The average Bonchev–Trinajstić information content (AvgIpc) is 2.40. The molecule has 2 unspecified atom stereocenters. The fourth-order valence-electron chi connectivity index (χ4n) is 3.31. The Morgan fingerprint density at radius 2 is 1.80 bits per heavy atom. The Labute approximate surface area is 120 Å². The minimum atomic E-state index is -0.196. The number of benzene rings is 1. The van der Waals surface area contributed by atoms with Crippen LogP contribution in [0.1, 0.15) is 32.3 Å². The zero-order chi connectivity index (χ0) is 14.8. The van der Waals surface area contributed by atoms with Crippen molar-refractivity contribution in [2.75, 3.05) is 13.6 Å². The van der Waals surface area contributed by atoms with Gasteiger partial charge in [0.2, 0.25) is 0 Å². The molecule has 0 amide bonds. The molecule has 0 aliphatic carbocycles. The Balaban J connectivity index is 2.11. The second-order valence-corrected chi connectivity index (χ2v) is 6.08. The Bertz CT molecular complexity index is 425. The third-order valence-electron chi connectivity index (χ3n) is 4.32. The lowest BCUT2D eigenvalue weighted by atomic mass is 9.82. The SMILES string of the molecule is CC1CC(CN)(N(C)Cc2ccc(F)cc2)CC(C)O1. The highest BCUT2D eigenvalue weighted by atomic mass is 19.1. The predicted molar refractivity (Wildman–Crippen MR) is 78.9 cm³/mol. The number of nitrogens with zero attached hydrogens (tertiary/aromatic N) is 1. The van der Waals surface area contributed by atoms with Gasteiger partial charge in [0.1, 0.15) is 5.82 Å². The molecule has 112 valence electrons. The average molecular weight is 280 g/mol. The molecule has 4 heteroatoms. The van der Waals surface area contributed by atoms with Crippen LogP contribution < -0.4 is 5.73 Å². The molecule has 0 saturated carbocycles. The smallest absolute Gasteiger partial charge is 0.123 e. The Morgan fingerprint density at radius 3 is 2.30 bits per heavy atom. The van der Waals surface area contributed by atoms with E-state index in [1.807, 2.05) is 12.1 Å². The van der Waals surface area contributed by atoms with E-state index in [9.17, 15) is 4.39 Å². The van der Waals surface area contributed by atoms with Crippen LogP contribution in [0.25, 0.3) is 0 Å². The summed E-state index contributed by atoms with van der Waals surface area (Å²) in [6, 6.07) is 6.69. The molecule has 0 radical (unpaired) electrons. The molecule has 2 rings (SSSR count). The molecule has 2 N–H and O–H groups in total. The van der Waals surface area contributed by atoms with Crippen LogP contribution in [0.5, 0.6) is 0 Å². The number of halogens is 1. The molecule has 1 heterocycles. The van der Waals surface area contributed by atoms with E-state index in [0.717, 1.165) is 24.9 Å². The quantitative estimate of drug-likeness (QED) is 0.921. The highest BCUT2D eigenvalue weighted by molar-refractivity contribution is 5.16. The van der Waals surface area contributed by atoms with Gasteiger partial charge in [-0.15, -0.1) is 0 Å². The van der Waals surface area contributed by atoms with E-state index in [2.05, 4.69) is 25.8 Å². The monoisotopic (exact) mass is 280 g/mol. The van der Waals surface area contributed by atoms with Crippen LogP contribution in [0.15, 0.2) is 24.3 Å². The van der Waals surface area contributed by atoms with Crippen LogP contribution in [0.2, 0.25) is 0 Å². The summed E-state index contributed by atoms with van der Waals surface area (Å²) in [6.45, 7) is 5.59. The van der Waals surface area contributed by atoms with E-state index in [1.165, 1.54) is 12.1 Å². The van der Waals surface area contributed by atoms with Gasteiger partial charge >= 0.3 is 0 Å². The van der Waals surface area contributed by atoms with Crippen molar-refractivity contribution in [2.45, 2.75) is 51.0 Å². The lowest BCUT2D eigenvalue weighted by molar-refractivity contribution is -0.0993. The van der Waals surface area contributed by atoms with Crippen LogP contribution in [0, 0.1) is 5.82 Å². The van der Waals surface area contributed by atoms with E-state index < -0.39 is 0 Å². The molecule has 0 spiro atoms. The fraction of sp³-hybridized carbons (Fsp3) is 0.625. The first kappa shape index (κ1) is 15.4. The molecule has 20 heavy (non-hydrogen) atoms. The Morgan fingerprint density at radius 1 is 1.25 bits per heavy atom. The van der Waals surface area contributed by atoms with Crippen molar-refractivity contribution in [3.8, 4) is 0 Å². The molecular weight excluding hydrogens is 255 g/mol. The van der Waals surface area contributed by atoms with Crippen LogP contribution >= 0.6 is 0 Å². The fourth-order valence-corrected chi connectivity index (χ4v) is 3.31. The van der Waals surface area contributed by atoms with Crippen molar-refractivity contribution in [1.82, 2.24) is 4.90 Å². The van der Waals surface area contributed by atoms with Crippen molar-refractivity contribution >= 4 is 0 Å². The highest BCUT2D eigenvalue weighted by Gasteiger charge is 2.40. The Kier molecular flexibility index (Phi) is 4.78. The summed E-state index contributed by atoms with van der Waals surface area (Å²) in [7, 11) is 2.10. The number of ether oxygens (including phenoxy) is 1. The number of hydrogen-bond donors (Lipinski definition) is 1. The van der Waals surface area contributed by atoms with Gasteiger partial charge in [0.15, 0.2) is 0 Å². The first-order valence-corrected chi connectivity index (χ1v) is 7.26. The zero-order valence-electron chi connectivity index (χ0n) is 12.6. The molecule has 1 aromatic carbocycles. The summed E-state index contributed by atoms with van der Waals surface area (Å²) in [5.74, 6) is -0.196. The zero-order valence-corrected chi connectivity index (χ0v) is 12.6. The topological polar surface area (TPSA) is 38.5 Å². The minimum absolute atomic E-state index is 0.0362. The molecule has 1 aliphatic rings. The molecule has 1 aromatic rings. The van der Waals surface area contributed by atoms with Crippen LogP contribution in [-0.4, -0.2) is 36.2 Å². The number of rotatable bonds is 4. The first-order chi connectivity index (χ1) is 9.45. The van der Waals surface area contributed by atoms with Gasteiger partial charge in [-0.1, -0.05) is 12.1 Å². The molecular formula is C16H25FN2O. The molecule has 0 bridgehead atoms. The summed E-state index contributed by atoms with van der Waals surface area (Å²) in [6.07, 6.45) is 2.31. The van der Waals surface area contributed by atoms with Gasteiger partial charge in [-0.05, 0) is 51.4 Å². The third-order valence-corrected chi connectivity index (χ3v) is 4.32. The standard InChI is InChI=1S/C16H25FN2O/c1-12-8-16(11-18,9-13(2)20-12)19(3)10-14-4-6-15(17)7-5-14/h4-7,12-13H,8-11,18H2,1-3H3. The van der Waals surface area contributed by atoms with Crippen LogP contribution in [0.4, 0.5) is 4.39 Å². The van der Waals surface area contributed by atoms with E-state index in [1.54, 1.807) is 0 Å². The Hall–Kier alpha value is -0.970. The van der Waals surface area contributed by atoms with Gasteiger partial charge in [-0.25, -0.2) is 4.39 Å². The second kappa shape index (κ2) is 6.20. The van der Waals surface area contributed by atoms with Gasteiger partial charge in [-0.2, -0.15) is 0 Å². The molecule has 3 nitrogen and oxygen atoms in total. The summed E-state index contributed by atoms with van der Waals surface area (Å²) in [4.78, 5) is 2.30. The largest absolute Gasteiger partial charge is 0.375 e. The maximum atomic E-state index is 13.0. The van der Waals surface area contributed by atoms with Gasteiger partial charge in [0.25, 0.3) is 0 Å². The van der Waals surface area contributed by atoms with Gasteiger partial charge in [-0.3, -0.25) is 4.90 Å². The summed E-state index contributed by atoms with van der Waals surface area (Å²) >= 11 is 0. The summed E-state index contributed by atoms with van der Waals surface area (Å²) in [5, 5.41) is 0. The molecule has 2 atom stereocenters. The van der Waals surface area contributed by atoms with Crippen molar-refractivity contribution in [2.24, 2.45) is 5.73 Å². The number of hydrogen-bond acceptors (Lipinski definition) is 3.